The van der Waals surface area contributed by atoms with Crippen LogP contribution in [0.2, 0.25) is 0 Å². The van der Waals surface area contributed by atoms with Crippen molar-refractivity contribution >= 4 is 47.8 Å². The molecule has 1 spiro atoms. The van der Waals surface area contributed by atoms with Crippen LogP contribution in [0.4, 0.5) is 17.1 Å². The molecule has 180 valence electrons. The van der Waals surface area contributed by atoms with Crippen LogP contribution in [0.3, 0.4) is 0 Å². The van der Waals surface area contributed by atoms with Crippen molar-refractivity contribution in [3.8, 4) is 0 Å². The van der Waals surface area contributed by atoms with E-state index in [0.29, 0.717) is 11.0 Å². The number of rotatable bonds is 4. The Bertz CT molecular complexity index is 896. The monoisotopic (exact) mass is 491 g/mol. The summed E-state index contributed by atoms with van der Waals surface area (Å²) in [5.41, 5.74) is 4.78. The molecule has 2 aromatic carbocycles. The maximum Gasteiger partial charge on any atom is 0.335 e. The zero-order valence-electron chi connectivity index (χ0n) is 19.1. The first-order valence-electron chi connectivity index (χ1n) is 11.8. The van der Waals surface area contributed by atoms with Crippen molar-refractivity contribution in [3.63, 3.8) is 0 Å². The number of benzene rings is 2. The molecule has 2 aromatic rings. The molecule has 7 heteroatoms. The molecule has 2 saturated heterocycles. The number of piperazine rings is 1. The lowest BCUT2D eigenvalue weighted by atomic mass is 9.77. The third-order valence-corrected chi connectivity index (χ3v) is 7.83. The molecule has 5 rings (SSSR count). The van der Waals surface area contributed by atoms with Crippen LogP contribution in [0.5, 0.6) is 0 Å². The fourth-order valence-corrected chi connectivity index (χ4v) is 5.78. The molecule has 1 N–H and O–H groups in total. The first kappa shape index (κ1) is 25.5. The Labute approximate surface area is 209 Å². The summed E-state index contributed by atoms with van der Waals surface area (Å²) >= 11 is 0. The van der Waals surface area contributed by atoms with E-state index in [4.69, 9.17) is 5.11 Å². The van der Waals surface area contributed by atoms with Gasteiger partial charge in [0.05, 0.1) is 5.56 Å². The number of nitrogens with zero attached hydrogens (tertiary/aromatic N) is 3. The van der Waals surface area contributed by atoms with E-state index in [1.54, 1.807) is 12.1 Å². The number of piperidine rings is 1. The van der Waals surface area contributed by atoms with Crippen LogP contribution in [-0.2, 0) is 0 Å². The maximum absolute atomic E-state index is 11.0. The predicted molar refractivity (Wildman–Crippen MR) is 141 cm³/mol. The highest BCUT2D eigenvalue weighted by molar-refractivity contribution is 5.88. The lowest BCUT2D eigenvalue weighted by Gasteiger charge is -2.41. The van der Waals surface area contributed by atoms with Crippen LogP contribution in [0.1, 0.15) is 48.9 Å². The molecule has 0 atom stereocenters. The molecule has 0 aromatic heterocycles. The SMILES string of the molecule is Cl.Cl.O=C(O)c1ccc(N2CCN(c3ccc(N4CCC5(CCCC5)CC4)cc3)CC2)cc1. The maximum atomic E-state index is 11.0. The van der Waals surface area contributed by atoms with Crippen molar-refractivity contribution < 1.29 is 9.90 Å². The summed E-state index contributed by atoms with van der Waals surface area (Å²) in [5.74, 6) is -0.873. The minimum absolute atomic E-state index is 0. The predicted octanol–water partition coefficient (Wildman–Crippen LogP) is 5.72. The van der Waals surface area contributed by atoms with Gasteiger partial charge in [-0.25, -0.2) is 4.79 Å². The second-order valence-corrected chi connectivity index (χ2v) is 9.54. The van der Waals surface area contributed by atoms with Crippen LogP contribution < -0.4 is 14.7 Å². The third kappa shape index (κ3) is 5.52. The second kappa shape index (κ2) is 10.9. The number of carboxylic acids is 1. The van der Waals surface area contributed by atoms with Crippen molar-refractivity contribution in [1.29, 1.82) is 0 Å². The van der Waals surface area contributed by atoms with E-state index in [2.05, 4.69) is 39.0 Å². The van der Waals surface area contributed by atoms with Crippen LogP contribution in [-0.4, -0.2) is 50.3 Å². The average Bonchev–Trinajstić information content (AvgIpc) is 3.28. The Hall–Kier alpha value is -2.11. The highest BCUT2D eigenvalue weighted by atomic mass is 35.5. The van der Waals surface area contributed by atoms with Gasteiger partial charge in [-0.1, -0.05) is 12.8 Å². The summed E-state index contributed by atoms with van der Waals surface area (Å²) in [6.07, 6.45) is 8.52. The largest absolute Gasteiger partial charge is 0.478 e. The van der Waals surface area contributed by atoms with Gasteiger partial charge in [-0.05, 0) is 79.6 Å². The molecule has 0 amide bonds. The molecule has 0 radical (unpaired) electrons. The van der Waals surface area contributed by atoms with Gasteiger partial charge in [-0.3, -0.25) is 0 Å². The molecule has 3 aliphatic rings. The summed E-state index contributed by atoms with van der Waals surface area (Å²) < 4.78 is 0. The lowest BCUT2D eigenvalue weighted by Crippen LogP contribution is -2.46. The minimum Gasteiger partial charge on any atom is -0.478 e. The van der Waals surface area contributed by atoms with Crippen molar-refractivity contribution in [3.05, 3.63) is 54.1 Å². The van der Waals surface area contributed by atoms with Crippen LogP contribution in [0.25, 0.3) is 0 Å². The molecule has 1 aliphatic carbocycles. The second-order valence-electron chi connectivity index (χ2n) is 9.54. The number of aromatic carboxylic acids is 1. The number of carboxylic acid groups (broad SMARTS) is 1. The van der Waals surface area contributed by atoms with E-state index < -0.39 is 5.97 Å². The van der Waals surface area contributed by atoms with Crippen LogP contribution >= 0.6 is 24.8 Å². The van der Waals surface area contributed by atoms with E-state index in [9.17, 15) is 4.79 Å². The third-order valence-electron chi connectivity index (χ3n) is 7.83. The normalized spacial score (nSPS) is 19.7. The smallest absolute Gasteiger partial charge is 0.335 e. The first-order chi connectivity index (χ1) is 15.1. The van der Waals surface area contributed by atoms with Gasteiger partial charge in [0.25, 0.3) is 0 Å². The van der Waals surface area contributed by atoms with Gasteiger partial charge in [-0.15, -0.1) is 24.8 Å². The van der Waals surface area contributed by atoms with Crippen LogP contribution in [0.15, 0.2) is 48.5 Å². The molecule has 2 aliphatic heterocycles. The Balaban J connectivity index is 0.00000153. The lowest BCUT2D eigenvalue weighted by molar-refractivity contribution is 0.0697. The van der Waals surface area contributed by atoms with E-state index in [1.807, 2.05) is 12.1 Å². The highest BCUT2D eigenvalue weighted by Gasteiger charge is 2.36. The Kier molecular flexibility index (Phi) is 8.41. The van der Waals surface area contributed by atoms with Gasteiger partial charge in [0.15, 0.2) is 0 Å². The summed E-state index contributed by atoms with van der Waals surface area (Å²) in [5, 5.41) is 9.07. The molecular weight excluding hydrogens is 457 g/mol. The van der Waals surface area contributed by atoms with Crippen LogP contribution in [0, 0.1) is 5.41 Å². The van der Waals surface area contributed by atoms with E-state index in [-0.39, 0.29) is 24.8 Å². The van der Waals surface area contributed by atoms with Gasteiger partial charge >= 0.3 is 5.97 Å². The van der Waals surface area contributed by atoms with Crippen molar-refractivity contribution in [1.82, 2.24) is 0 Å². The standard InChI is InChI=1S/C26H33N3O2.2ClH/c30-25(31)21-3-5-22(6-4-21)28-17-19-29(20-18-28)24-9-7-23(8-10-24)27-15-13-26(14-16-27)11-1-2-12-26;;/h3-10H,1-2,11-20H2,(H,30,31);2*1H. The molecule has 1 saturated carbocycles. The number of carbonyl (C=O) groups is 1. The van der Waals surface area contributed by atoms with E-state index in [0.717, 1.165) is 31.9 Å². The van der Waals surface area contributed by atoms with E-state index >= 15 is 0 Å². The summed E-state index contributed by atoms with van der Waals surface area (Å²) in [6.45, 7) is 6.26. The molecule has 0 bridgehead atoms. The van der Waals surface area contributed by atoms with Crippen molar-refractivity contribution in [2.24, 2.45) is 5.41 Å². The van der Waals surface area contributed by atoms with Gasteiger partial charge < -0.3 is 19.8 Å². The van der Waals surface area contributed by atoms with Gasteiger partial charge in [-0.2, -0.15) is 0 Å². The zero-order valence-corrected chi connectivity index (χ0v) is 20.8. The minimum atomic E-state index is -0.873. The summed E-state index contributed by atoms with van der Waals surface area (Å²) in [7, 11) is 0. The Morgan fingerprint density at radius 1 is 0.606 bits per heavy atom. The van der Waals surface area contributed by atoms with Gasteiger partial charge in [0.1, 0.15) is 0 Å². The first-order valence-corrected chi connectivity index (χ1v) is 11.8. The molecular formula is C26H35Cl2N3O2. The quantitative estimate of drug-likeness (QED) is 0.592. The van der Waals surface area contributed by atoms with Gasteiger partial charge in [0, 0.05) is 56.3 Å². The Morgan fingerprint density at radius 2 is 0.970 bits per heavy atom. The van der Waals surface area contributed by atoms with Crippen molar-refractivity contribution in [2.75, 3.05) is 54.0 Å². The Morgan fingerprint density at radius 3 is 1.36 bits per heavy atom. The molecule has 5 nitrogen and oxygen atoms in total. The summed E-state index contributed by atoms with van der Waals surface area (Å²) in [4.78, 5) is 18.4. The summed E-state index contributed by atoms with van der Waals surface area (Å²) in [6, 6.07) is 16.4. The fourth-order valence-electron chi connectivity index (χ4n) is 5.78. The number of halogens is 2. The van der Waals surface area contributed by atoms with Crippen molar-refractivity contribution in [2.45, 2.75) is 38.5 Å². The van der Waals surface area contributed by atoms with E-state index in [1.165, 1.54) is 63.0 Å². The fraction of sp³-hybridized carbons (Fsp3) is 0.500. The molecule has 2 heterocycles. The van der Waals surface area contributed by atoms with Gasteiger partial charge in [0.2, 0.25) is 0 Å². The number of anilines is 3. The molecule has 0 unspecified atom stereocenters. The zero-order chi connectivity index (χ0) is 21.3. The number of hydrogen-bond donors (Lipinski definition) is 1. The topological polar surface area (TPSA) is 47.0 Å². The molecule has 33 heavy (non-hydrogen) atoms. The highest BCUT2D eigenvalue weighted by Crippen LogP contribution is 2.46. The molecule has 3 fully saturated rings. The number of hydrogen-bond acceptors (Lipinski definition) is 4. The average molecular weight is 492 g/mol.